The number of fused-ring (bicyclic) bond motifs is 1. The van der Waals surface area contributed by atoms with E-state index in [2.05, 4.69) is 5.32 Å². The molecule has 0 radical (unpaired) electrons. The zero-order valence-electron chi connectivity index (χ0n) is 10.6. The minimum Gasteiger partial charge on any atom is -0.479 e. The van der Waals surface area contributed by atoms with E-state index in [0.717, 1.165) is 12.8 Å². The Hall–Kier alpha value is -1.88. The lowest BCUT2D eigenvalue weighted by Gasteiger charge is -2.23. The second-order valence-electron chi connectivity index (χ2n) is 4.83. The summed E-state index contributed by atoms with van der Waals surface area (Å²) in [7, 11) is 0. The van der Waals surface area contributed by atoms with Gasteiger partial charge in [0.25, 0.3) is 5.91 Å². The first-order valence-corrected chi connectivity index (χ1v) is 6.42. The topological polar surface area (TPSA) is 64.6 Å². The maximum absolute atomic E-state index is 12.2. The molecule has 1 aromatic carbocycles. The van der Waals surface area contributed by atoms with Gasteiger partial charge in [0.05, 0.1) is 5.69 Å². The lowest BCUT2D eigenvalue weighted by Crippen LogP contribution is -2.34. The van der Waals surface area contributed by atoms with E-state index in [1.54, 1.807) is 25.1 Å². The highest BCUT2D eigenvalue weighted by Crippen LogP contribution is 2.31. The molecule has 2 aliphatic heterocycles. The number of amides is 1. The van der Waals surface area contributed by atoms with Crippen molar-refractivity contribution in [1.29, 1.82) is 0 Å². The molecule has 3 rings (SSSR count). The predicted octanol–water partition coefficient (Wildman–Crippen LogP) is 1.77. The molecule has 1 saturated heterocycles. The van der Waals surface area contributed by atoms with E-state index in [1.165, 1.54) is 0 Å². The SMILES string of the molecule is CC1Oc2ccc(C(=O)C3CCCO3)cc2NC1=O. The van der Waals surface area contributed by atoms with Crippen LogP contribution in [0.1, 0.15) is 30.1 Å². The Labute approximate surface area is 110 Å². The molecule has 1 fully saturated rings. The van der Waals surface area contributed by atoms with Crippen molar-refractivity contribution in [2.24, 2.45) is 0 Å². The summed E-state index contributed by atoms with van der Waals surface area (Å²) in [5.74, 6) is 0.360. The fourth-order valence-corrected chi connectivity index (χ4v) is 2.33. The predicted molar refractivity (Wildman–Crippen MR) is 68.5 cm³/mol. The summed E-state index contributed by atoms with van der Waals surface area (Å²) in [4.78, 5) is 23.7. The van der Waals surface area contributed by atoms with Crippen molar-refractivity contribution in [3.8, 4) is 5.75 Å². The minimum atomic E-state index is -0.507. The summed E-state index contributed by atoms with van der Waals surface area (Å²) in [6, 6.07) is 5.09. The zero-order chi connectivity index (χ0) is 13.4. The summed E-state index contributed by atoms with van der Waals surface area (Å²) < 4.78 is 10.8. The lowest BCUT2D eigenvalue weighted by molar-refractivity contribution is -0.122. The van der Waals surface area contributed by atoms with Crippen LogP contribution in [0.5, 0.6) is 5.75 Å². The molecule has 0 aromatic heterocycles. The second kappa shape index (κ2) is 4.66. The van der Waals surface area contributed by atoms with Gasteiger partial charge in [-0.05, 0) is 38.0 Å². The quantitative estimate of drug-likeness (QED) is 0.824. The lowest BCUT2D eigenvalue weighted by atomic mass is 10.0. The van der Waals surface area contributed by atoms with E-state index in [0.29, 0.717) is 23.6 Å². The van der Waals surface area contributed by atoms with Crippen LogP contribution in [0.15, 0.2) is 18.2 Å². The Bertz CT molecular complexity index is 534. The number of Topliss-reactive ketones (excluding diaryl/α,β-unsaturated/α-hetero) is 1. The van der Waals surface area contributed by atoms with E-state index in [-0.39, 0.29) is 17.8 Å². The van der Waals surface area contributed by atoms with E-state index in [1.807, 2.05) is 0 Å². The highest BCUT2D eigenvalue weighted by atomic mass is 16.5. The van der Waals surface area contributed by atoms with Crippen molar-refractivity contribution >= 4 is 17.4 Å². The van der Waals surface area contributed by atoms with Gasteiger partial charge in [-0.2, -0.15) is 0 Å². The number of nitrogens with one attached hydrogen (secondary N) is 1. The maximum atomic E-state index is 12.2. The number of carbonyl (C=O) groups is 2. The van der Waals surface area contributed by atoms with Crippen molar-refractivity contribution in [2.75, 3.05) is 11.9 Å². The fraction of sp³-hybridized carbons (Fsp3) is 0.429. The van der Waals surface area contributed by atoms with Crippen LogP contribution in [0, 0.1) is 0 Å². The van der Waals surface area contributed by atoms with Crippen LogP contribution in [-0.4, -0.2) is 30.5 Å². The number of benzene rings is 1. The number of anilines is 1. The molecular formula is C14H15NO4. The molecule has 1 N–H and O–H groups in total. The first-order chi connectivity index (χ1) is 9.15. The van der Waals surface area contributed by atoms with Gasteiger partial charge in [0.15, 0.2) is 11.9 Å². The first kappa shape index (κ1) is 12.2. The minimum absolute atomic E-state index is 0.0341. The number of ketones is 1. The molecule has 2 heterocycles. The van der Waals surface area contributed by atoms with Gasteiger partial charge in [-0.25, -0.2) is 0 Å². The van der Waals surface area contributed by atoms with Gasteiger partial charge in [0.2, 0.25) is 0 Å². The average molecular weight is 261 g/mol. The number of rotatable bonds is 2. The van der Waals surface area contributed by atoms with Crippen molar-refractivity contribution in [3.05, 3.63) is 23.8 Å². The van der Waals surface area contributed by atoms with Crippen LogP contribution in [0.25, 0.3) is 0 Å². The van der Waals surface area contributed by atoms with Crippen molar-refractivity contribution in [3.63, 3.8) is 0 Å². The van der Waals surface area contributed by atoms with Crippen LogP contribution in [0.2, 0.25) is 0 Å². The molecule has 0 spiro atoms. The highest BCUT2D eigenvalue weighted by molar-refractivity contribution is 6.03. The Morgan fingerprint density at radius 3 is 3.00 bits per heavy atom. The number of hydrogen-bond donors (Lipinski definition) is 1. The molecule has 0 saturated carbocycles. The summed E-state index contributed by atoms with van der Waals surface area (Å²) in [5, 5.41) is 2.74. The van der Waals surface area contributed by atoms with Crippen molar-refractivity contribution < 1.29 is 19.1 Å². The normalized spacial score (nSPS) is 25.4. The smallest absolute Gasteiger partial charge is 0.265 e. The monoisotopic (exact) mass is 261 g/mol. The van der Waals surface area contributed by atoms with Gasteiger partial charge in [-0.3, -0.25) is 9.59 Å². The van der Waals surface area contributed by atoms with Crippen LogP contribution >= 0.6 is 0 Å². The second-order valence-corrected chi connectivity index (χ2v) is 4.83. The summed E-state index contributed by atoms with van der Waals surface area (Å²) in [6.07, 6.45) is 0.818. The highest BCUT2D eigenvalue weighted by Gasteiger charge is 2.28. The molecule has 2 unspecified atom stereocenters. The average Bonchev–Trinajstić information content (AvgIpc) is 2.93. The molecule has 1 amide bonds. The molecule has 5 nitrogen and oxygen atoms in total. The third-order valence-electron chi connectivity index (χ3n) is 3.42. The molecule has 0 aliphatic carbocycles. The summed E-state index contributed by atoms with van der Waals surface area (Å²) in [6.45, 7) is 2.32. The van der Waals surface area contributed by atoms with Crippen LogP contribution in [0.3, 0.4) is 0 Å². The first-order valence-electron chi connectivity index (χ1n) is 6.42. The Kier molecular flexibility index (Phi) is 2.98. The van der Waals surface area contributed by atoms with Crippen molar-refractivity contribution in [1.82, 2.24) is 0 Å². The standard InChI is InChI=1S/C14H15NO4/c1-8-14(17)15-10-7-9(4-5-11(10)19-8)13(16)12-3-2-6-18-12/h4-5,7-8,12H,2-3,6H2,1H3,(H,15,17). The van der Waals surface area contributed by atoms with Gasteiger partial charge in [-0.15, -0.1) is 0 Å². The van der Waals surface area contributed by atoms with E-state index in [9.17, 15) is 9.59 Å². The fourth-order valence-electron chi connectivity index (χ4n) is 2.33. The summed E-state index contributed by atoms with van der Waals surface area (Å²) in [5.41, 5.74) is 1.09. The van der Waals surface area contributed by atoms with Gasteiger partial charge >= 0.3 is 0 Å². The third kappa shape index (κ3) is 2.21. The zero-order valence-corrected chi connectivity index (χ0v) is 10.6. The van der Waals surface area contributed by atoms with E-state index >= 15 is 0 Å². The molecule has 2 aliphatic rings. The van der Waals surface area contributed by atoms with Crippen LogP contribution in [-0.2, 0) is 9.53 Å². The maximum Gasteiger partial charge on any atom is 0.265 e. The van der Waals surface area contributed by atoms with E-state index < -0.39 is 6.10 Å². The van der Waals surface area contributed by atoms with Gasteiger partial charge in [0.1, 0.15) is 11.9 Å². The van der Waals surface area contributed by atoms with Gasteiger partial charge in [0, 0.05) is 12.2 Å². The Morgan fingerprint density at radius 2 is 2.26 bits per heavy atom. The van der Waals surface area contributed by atoms with E-state index in [4.69, 9.17) is 9.47 Å². The molecular weight excluding hydrogens is 246 g/mol. The number of ether oxygens (including phenoxy) is 2. The third-order valence-corrected chi connectivity index (χ3v) is 3.42. The Balaban J connectivity index is 1.87. The van der Waals surface area contributed by atoms with Crippen molar-refractivity contribution in [2.45, 2.75) is 32.0 Å². The summed E-state index contributed by atoms with van der Waals surface area (Å²) >= 11 is 0. The largest absolute Gasteiger partial charge is 0.479 e. The molecule has 100 valence electrons. The van der Waals surface area contributed by atoms with Crippen LogP contribution in [0.4, 0.5) is 5.69 Å². The molecule has 2 atom stereocenters. The molecule has 19 heavy (non-hydrogen) atoms. The molecule has 0 bridgehead atoms. The number of carbonyl (C=O) groups excluding carboxylic acids is 2. The van der Waals surface area contributed by atoms with Gasteiger partial charge < -0.3 is 14.8 Å². The Morgan fingerprint density at radius 1 is 1.42 bits per heavy atom. The van der Waals surface area contributed by atoms with Gasteiger partial charge in [-0.1, -0.05) is 0 Å². The molecule has 5 heteroatoms. The molecule has 1 aromatic rings. The van der Waals surface area contributed by atoms with Crippen LogP contribution < -0.4 is 10.1 Å². The number of hydrogen-bond acceptors (Lipinski definition) is 4.